The molecule has 3 nitrogen and oxygen atoms in total. The second kappa shape index (κ2) is 2.51. The summed E-state index contributed by atoms with van der Waals surface area (Å²) in [5, 5.41) is 0. The highest BCUT2D eigenvalue weighted by Crippen LogP contribution is 2.16. The number of rotatable bonds is 1. The smallest absolute Gasteiger partial charge is 0.239 e. The van der Waals surface area contributed by atoms with Crippen LogP contribution in [0.2, 0.25) is 0 Å². The fourth-order valence-corrected chi connectivity index (χ4v) is 0.592. The molecule has 0 fully saturated rings. The molecular formula is C6H7FN2O. The Morgan fingerprint density at radius 1 is 1.60 bits per heavy atom. The van der Waals surface area contributed by atoms with Gasteiger partial charge < -0.3 is 10.5 Å². The molecule has 54 valence electrons. The molecule has 1 aromatic heterocycles. The van der Waals surface area contributed by atoms with Crippen LogP contribution in [0.15, 0.2) is 12.1 Å². The lowest BCUT2D eigenvalue weighted by atomic mass is 10.4. The molecule has 0 spiro atoms. The standard InChI is InChI=1S/C6H7FN2O/c1-10-6-4(8)2-3-5(7)9-6/h2-3H,8H2,1H3. The lowest BCUT2D eigenvalue weighted by Crippen LogP contribution is -1.96. The van der Waals surface area contributed by atoms with E-state index >= 15 is 0 Å². The fraction of sp³-hybridized carbons (Fsp3) is 0.167. The zero-order valence-corrected chi connectivity index (χ0v) is 5.47. The van der Waals surface area contributed by atoms with Crippen LogP contribution in [0.5, 0.6) is 5.88 Å². The number of hydrogen-bond acceptors (Lipinski definition) is 3. The SMILES string of the molecule is COc1nc(F)ccc1N. The quantitative estimate of drug-likeness (QED) is 0.590. The van der Waals surface area contributed by atoms with Crippen molar-refractivity contribution in [3.63, 3.8) is 0 Å². The molecule has 0 amide bonds. The monoisotopic (exact) mass is 142 g/mol. The minimum Gasteiger partial charge on any atom is -0.479 e. The molecule has 0 atom stereocenters. The van der Waals surface area contributed by atoms with Gasteiger partial charge in [-0.15, -0.1) is 0 Å². The van der Waals surface area contributed by atoms with E-state index in [9.17, 15) is 4.39 Å². The number of ether oxygens (including phenoxy) is 1. The summed E-state index contributed by atoms with van der Waals surface area (Å²) in [6, 6.07) is 2.58. The van der Waals surface area contributed by atoms with E-state index in [1.165, 1.54) is 19.2 Å². The van der Waals surface area contributed by atoms with Crippen LogP contribution in [0, 0.1) is 5.95 Å². The van der Waals surface area contributed by atoms with Crippen molar-refractivity contribution in [3.05, 3.63) is 18.1 Å². The van der Waals surface area contributed by atoms with Gasteiger partial charge in [-0.3, -0.25) is 0 Å². The van der Waals surface area contributed by atoms with Crippen molar-refractivity contribution < 1.29 is 9.13 Å². The zero-order valence-electron chi connectivity index (χ0n) is 5.47. The third-order valence-corrected chi connectivity index (χ3v) is 1.05. The third kappa shape index (κ3) is 1.15. The normalized spacial score (nSPS) is 9.40. The molecule has 4 heteroatoms. The number of halogens is 1. The molecular weight excluding hydrogens is 135 g/mol. The van der Waals surface area contributed by atoms with Crippen LogP contribution in [0.1, 0.15) is 0 Å². The van der Waals surface area contributed by atoms with Crippen LogP contribution in [0.4, 0.5) is 10.1 Å². The highest BCUT2D eigenvalue weighted by atomic mass is 19.1. The summed E-state index contributed by atoms with van der Waals surface area (Å²) in [4.78, 5) is 3.38. The highest BCUT2D eigenvalue weighted by molar-refractivity contribution is 5.46. The van der Waals surface area contributed by atoms with Crippen molar-refractivity contribution in [2.24, 2.45) is 0 Å². The number of methoxy groups -OCH3 is 1. The van der Waals surface area contributed by atoms with E-state index in [2.05, 4.69) is 9.72 Å². The Morgan fingerprint density at radius 3 is 2.80 bits per heavy atom. The minimum atomic E-state index is -0.592. The summed E-state index contributed by atoms with van der Waals surface area (Å²) in [7, 11) is 1.39. The van der Waals surface area contributed by atoms with Gasteiger partial charge >= 0.3 is 0 Å². The van der Waals surface area contributed by atoms with Gasteiger partial charge in [0.05, 0.1) is 12.8 Å². The van der Waals surface area contributed by atoms with Crippen molar-refractivity contribution in [3.8, 4) is 5.88 Å². The number of nitrogens with zero attached hydrogens (tertiary/aromatic N) is 1. The summed E-state index contributed by atoms with van der Waals surface area (Å²) >= 11 is 0. The van der Waals surface area contributed by atoms with Gasteiger partial charge in [-0.05, 0) is 12.1 Å². The Kier molecular flexibility index (Phi) is 1.71. The van der Waals surface area contributed by atoms with Crippen molar-refractivity contribution in [1.82, 2.24) is 4.98 Å². The molecule has 0 aliphatic carbocycles. The van der Waals surface area contributed by atoms with Crippen molar-refractivity contribution in [1.29, 1.82) is 0 Å². The van der Waals surface area contributed by atoms with Gasteiger partial charge in [0.1, 0.15) is 0 Å². The molecule has 0 unspecified atom stereocenters. The van der Waals surface area contributed by atoms with Gasteiger partial charge in [-0.2, -0.15) is 9.37 Å². The van der Waals surface area contributed by atoms with E-state index < -0.39 is 5.95 Å². The fourth-order valence-electron chi connectivity index (χ4n) is 0.592. The Bertz CT molecular complexity index is 239. The van der Waals surface area contributed by atoms with Gasteiger partial charge in [0.2, 0.25) is 11.8 Å². The maximum atomic E-state index is 12.3. The average Bonchev–Trinajstić information content (AvgIpc) is 1.94. The largest absolute Gasteiger partial charge is 0.479 e. The number of pyridine rings is 1. The lowest BCUT2D eigenvalue weighted by Gasteiger charge is -2.00. The zero-order chi connectivity index (χ0) is 7.56. The first-order chi connectivity index (χ1) is 4.74. The molecule has 1 heterocycles. The number of nitrogen functional groups attached to an aromatic ring is 1. The number of aromatic nitrogens is 1. The van der Waals surface area contributed by atoms with E-state index in [0.717, 1.165) is 0 Å². The Hall–Kier alpha value is -1.32. The van der Waals surface area contributed by atoms with Crippen LogP contribution >= 0.6 is 0 Å². The Labute approximate surface area is 57.6 Å². The van der Waals surface area contributed by atoms with Crippen molar-refractivity contribution in [2.45, 2.75) is 0 Å². The molecule has 10 heavy (non-hydrogen) atoms. The van der Waals surface area contributed by atoms with Crippen LogP contribution in [0.25, 0.3) is 0 Å². The van der Waals surface area contributed by atoms with Gasteiger partial charge in [-0.1, -0.05) is 0 Å². The summed E-state index contributed by atoms with van der Waals surface area (Å²) in [6.45, 7) is 0. The first kappa shape index (κ1) is 6.80. The van der Waals surface area contributed by atoms with Crippen LogP contribution < -0.4 is 10.5 Å². The molecule has 1 rings (SSSR count). The number of nitrogens with two attached hydrogens (primary N) is 1. The summed E-state index contributed by atoms with van der Waals surface area (Å²) in [5.74, 6) is -0.467. The average molecular weight is 142 g/mol. The second-order valence-corrected chi connectivity index (χ2v) is 1.73. The first-order valence-electron chi connectivity index (χ1n) is 2.70. The predicted octanol–water partition coefficient (Wildman–Crippen LogP) is 0.811. The molecule has 2 N–H and O–H groups in total. The van der Waals surface area contributed by atoms with E-state index in [0.29, 0.717) is 5.69 Å². The Morgan fingerprint density at radius 2 is 2.30 bits per heavy atom. The highest BCUT2D eigenvalue weighted by Gasteiger charge is 2.00. The van der Waals surface area contributed by atoms with E-state index in [-0.39, 0.29) is 5.88 Å². The van der Waals surface area contributed by atoms with Gasteiger partial charge in [0.15, 0.2) is 0 Å². The van der Waals surface area contributed by atoms with E-state index in [1.807, 2.05) is 0 Å². The van der Waals surface area contributed by atoms with Crippen molar-refractivity contribution >= 4 is 5.69 Å². The number of anilines is 1. The van der Waals surface area contributed by atoms with Crippen LogP contribution in [0.3, 0.4) is 0 Å². The van der Waals surface area contributed by atoms with Crippen LogP contribution in [-0.4, -0.2) is 12.1 Å². The van der Waals surface area contributed by atoms with Gasteiger partial charge in [-0.25, -0.2) is 0 Å². The molecule has 0 radical (unpaired) electrons. The lowest BCUT2D eigenvalue weighted by molar-refractivity contribution is 0.390. The molecule has 0 saturated heterocycles. The summed E-state index contributed by atoms with van der Waals surface area (Å²) in [5.41, 5.74) is 5.68. The molecule has 0 saturated carbocycles. The minimum absolute atomic E-state index is 0.125. The van der Waals surface area contributed by atoms with E-state index in [1.54, 1.807) is 0 Å². The maximum absolute atomic E-state index is 12.3. The van der Waals surface area contributed by atoms with Gasteiger partial charge in [0, 0.05) is 0 Å². The van der Waals surface area contributed by atoms with Crippen molar-refractivity contribution in [2.75, 3.05) is 12.8 Å². The predicted molar refractivity (Wildman–Crippen MR) is 35.2 cm³/mol. The molecule has 1 aromatic rings. The topological polar surface area (TPSA) is 48.1 Å². The summed E-state index contributed by atoms with van der Waals surface area (Å²) < 4.78 is 16.9. The van der Waals surface area contributed by atoms with E-state index in [4.69, 9.17) is 5.73 Å². The molecule has 0 aromatic carbocycles. The molecule has 0 aliphatic heterocycles. The van der Waals surface area contributed by atoms with Crippen LogP contribution in [-0.2, 0) is 0 Å². The second-order valence-electron chi connectivity index (χ2n) is 1.73. The molecule has 0 aliphatic rings. The van der Waals surface area contributed by atoms with Gasteiger partial charge in [0.25, 0.3) is 0 Å². The number of hydrogen-bond donors (Lipinski definition) is 1. The third-order valence-electron chi connectivity index (χ3n) is 1.05. The molecule has 0 bridgehead atoms. The Balaban J connectivity index is 3.09. The maximum Gasteiger partial charge on any atom is 0.239 e. The first-order valence-corrected chi connectivity index (χ1v) is 2.70. The summed E-state index contributed by atoms with van der Waals surface area (Å²) in [6.07, 6.45) is 0.